The van der Waals surface area contributed by atoms with E-state index in [-0.39, 0.29) is 0 Å². The minimum absolute atomic E-state index is 0.309. The Labute approximate surface area is 94.7 Å². The quantitative estimate of drug-likeness (QED) is 0.710. The van der Waals surface area contributed by atoms with Crippen molar-refractivity contribution < 1.29 is 5.11 Å². The Balaban J connectivity index is 2.52. The summed E-state index contributed by atoms with van der Waals surface area (Å²) >= 11 is 0. The molecular formula is C13H27NO. The molecule has 0 saturated heterocycles. The topological polar surface area (TPSA) is 23.5 Å². The second-order valence-corrected chi connectivity index (χ2v) is 4.94. The van der Waals surface area contributed by atoms with Crippen molar-refractivity contribution in [2.45, 2.75) is 58.4 Å². The number of rotatable bonds is 5. The maximum absolute atomic E-state index is 9.11. The van der Waals surface area contributed by atoms with E-state index in [1.807, 2.05) is 0 Å². The van der Waals surface area contributed by atoms with Crippen LogP contribution in [0.1, 0.15) is 52.4 Å². The number of aliphatic hydroxyl groups excluding tert-OH is 1. The smallest absolute Gasteiger partial charge is 0.0558 e. The van der Waals surface area contributed by atoms with Crippen LogP contribution in [0.4, 0.5) is 0 Å². The van der Waals surface area contributed by atoms with Gasteiger partial charge in [-0.3, -0.25) is 4.90 Å². The molecule has 0 spiro atoms. The predicted octanol–water partition coefficient (Wildman–Crippen LogP) is 2.66. The molecule has 15 heavy (non-hydrogen) atoms. The third-order valence-corrected chi connectivity index (χ3v) is 3.68. The van der Waals surface area contributed by atoms with E-state index in [0.29, 0.717) is 6.61 Å². The van der Waals surface area contributed by atoms with Crippen LogP contribution >= 0.6 is 0 Å². The monoisotopic (exact) mass is 213 g/mol. The molecule has 0 bridgehead atoms. The van der Waals surface area contributed by atoms with E-state index in [1.165, 1.54) is 38.5 Å². The second kappa shape index (κ2) is 7.24. The molecule has 2 atom stereocenters. The van der Waals surface area contributed by atoms with E-state index in [2.05, 4.69) is 18.7 Å². The minimum atomic E-state index is 0.309. The lowest BCUT2D eigenvalue weighted by atomic mass is 9.95. The highest BCUT2D eigenvalue weighted by Gasteiger charge is 2.24. The van der Waals surface area contributed by atoms with E-state index in [0.717, 1.165) is 25.0 Å². The molecule has 0 amide bonds. The summed E-state index contributed by atoms with van der Waals surface area (Å²) < 4.78 is 0. The minimum Gasteiger partial charge on any atom is -0.395 e. The van der Waals surface area contributed by atoms with Gasteiger partial charge >= 0.3 is 0 Å². The second-order valence-electron chi connectivity index (χ2n) is 4.94. The first-order valence-corrected chi connectivity index (χ1v) is 6.64. The summed E-state index contributed by atoms with van der Waals surface area (Å²) in [7, 11) is 0. The highest BCUT2D eigenvalue weighted by molar-refractivity contribution is 4.79. The predicted molar refractivity (Wildman–Crippen MR) is 65.0 cm³/mol. The maximum Gasteiger partial charge on any atom is 0.0558 e. The summed E-state index contributed by atoms with van der Waals surface area (Å²) in [5, 5.41) is 9.11. The Morgan fingerprint density at radius 2 is 1.87 bits per heavy atom. The Bertz CT molecular complexity index is 155. The van der Waals surface area contributed by atoms with Crippen LogP contribution in [-0.2, 0) is 0 Å². The van der Waals surface area contributed by atoms with Gasteiger partial charge in [-0.15, -0.1) is 0 Å². The molecule has 2 unspecified atom stereocenters. The van der Waals surface area contributed by atoms with Crippen LogP contribution in [0.2, 0.25) is 0 Å². The van der Waals surface area contributed by atoms with Crippen molar-refractivity contribution in [3.05, 3.63) is 0 Å². The van der Waals surface area contributed by atoms with Gasteiger partial charge in [0.25, 0.3) is 0 Å². The van der Waals surface area contributed by atoms with Crippen molar-refractivity contribution in [3.8, 4) is 0 Å². The van der Waals surface area contributed by atoms with E-state index < -0.39 is 0 Å². The normalized spacial score (nSPS) is 28.0. The molecule has 0 aromatic heterocycles. The van der Waals surface area contributed by atoms with Gasteiger partial charge in [0.1, 0.15) is 0 Å². The standard InChI is InChI=1S/C13H27NO/c1-3-9-14(10-11-15)13-8-6-4-5-7-12(13)2/h12-13,15H,3-11H2,1-2H3. The molecule has 1 N–H and O–H groups in total. The highest BCUT2D eigenvalue weighted by Crippen LogP contribution is 2.27. The molecule has 0 aromatic rings. The molecule has 0 aliphatic heterocycles. The molecule has 2 nitrogen and oxygen atoms in total. The Morgan fingerprint density at radius 3 is 2.53 bits per heavy atom. The maximum atomic E-state index is 9.11. The summed E-state index contributed by atoms with van der Waals surface area (Å²) in [6, 6.07) is 0.722. The van der Waals surface area contributed by atoms with E-state index in [4.69, 9.17) is 5.11 Å². The van der Waals surface area contributed by atoms with Crippen molar-refractivity contribution >= 4 is 0 Å². The van der Waals surface area contributed by atoms with Gasteiger partial charge in [0.05, 0.1) is 6.61 Å². The molecule has 1 aliphatic rings. The first kappa shape index (κ1) is 13.0. The molecule has 2 heteroatoms. The molecule has 1 aliphatic carbocycles. The van der Waals surface area contributed by atoms with Gasteiger partial charge in [0.2, 0.25) is 0 Å². The number of hydrogen-bond donors (Lipinski definition) is 1. The van der Waals surface area contributed by atoms with Gasteiger partial charge in [-0.2, -0.15) is 0 Å². The zero-order valence-corrected chi connectivity index (χ0v) is 10.4. The zero-order valence-electron chi connectivity index (χ0n) is 10.4. The molecular weight excluding hydrogens is 186 g/mol. The summed E-state index contributed by atoms with van der Waals surface area (Å²) in [4.78, 5) is 2.51. The lowest BCUT2D eigenvalue weighted by Crippen LogP contribution is -2.41. The van der Waals surface area contributed by atoms with Crippen LogP contribution in [0.5, 0.6) is 0 Å². The van der Waals surface area contributed by atoms with E-state index in [1.54, 1.807) is 0 Å². The van der Waals surface area contributed by atoms with Crippen LogP contribution in [0, 0.1) is 5.92 Å². The van der Waals surface area contributed by atoms with Gasteiger partial charge in [-0.25, -0.2) is 0 Å². The largest absolute Gasteiger partial charge is 0.395 e. The molecule has 1 rings (SSSR count). The first-order chi connectivity index (χ1) is 7.29. The van der Waals surface area contributed by atoms with Gasteiger partial charge in [0.15, 0.2) is 0 Å². The van der Waals surface area contributed by atoms with Crippen molar-refractivity contribution in [2.75, 3.05) is 19.7 Å². The molecule has 0 aromatic carbocycles. The fourth-order valence-electron chi connectivity index (χ4n) is 2.88. The molecule has 90 valence electrons. The number of hydrogen-bond acceptors (Lipinski definition) is 2. The van der Waals surface area contributed by atoms with Crippen LogP contribution in [0.15, 0.2) is 0 Å². The molecule has 1 fully saturated rings. The van der Waals surface area contributed by atoms with Gasteiger partial charge in [-0.05, 0) is 31.7 Å². The average molecular weight is 213 g/mol. The first-order valence-electron chi connectivity index (χ1n) is 6.64. The lowest BCUT2D eigenvalue weighted by molar-refractivity contribution is 0.111. The molecule has 0 radical (unpaired) electrons. The van der Waals surface area contributed by atoms with Gasteiger partial charge < -0.3 is 5.11 Å². The van der Waals surface area contributed by atoms with E-state index >= 15 is 0 Å². The van der Waals surface area contributed by atoms with Crippen LogP contribution in [0.3, 0.4) is 0 Å². The fraction of sp³-hybridized carbons (Fsp3) is 1.00. The number of nitrogens with zero attached hydrogens (tertiary/aromatic N) is 1. The third-order valence-electron chi connectivity index (χ3n) is 3.68. The fourth-order valence-corrected chi connectivity index (χ4v) is 2.88. The Morgan fingerprint density at radius 1 is 1.13 bits per heavy atom. The Hall–Kier alpha value is -0.0800. The molecule has 1 saturated carbocycles. The summed E-state index contributed by atoms with van der Waals surface area (Å²) in [6.07, 6.45) is 8.08. The lowest BCUT2D eigenvalue weighted by Gasteiger charge is -2.34. The van der Waals surface area contributed by atoms with Gasteiger partial charge in [0, 0.05) is 12.6 Å². The highest BCUT2D eigenvalue weighted by atomic mass is 16.3. The summed E-state index contributed by atoms with van der Waals surface area (Å²) in [5.74, 6) is 0.811. The zero-order chi connectivity index (χ0) is 11.1. The van der Waals surface area contributed by atoms with Gasteiger partial charge in [-0.1, -0.05) is 33.1 Å². The van der Waals surface area contributed by atoms with Crippen molar-refractivity contribution in [2.24, 2.45) is 5.92 Å². The third kappa shape index (κ3) is 4.12. The van der Waals surface area contributed by atoms with Crippen LogP contribution in [-0.4, -0.2) is 35.7 Å². The van der Waals surface area contributed by atoms with Crippen LogP contribution in [0.25, 0.3) is 0 Å². The van der Waals surface area contributed by atoms with Crippen molar-refractivity contribution in [3.63, 3.8) is 0 Å². The molecule has 0 heterocycles. The SMILES string of the molecule is CCCN(CCO)C1CCCCCC1C. The Kier molecular flexibility index (Phi) is 6.26. The summed E-state index contributed by atoms with van der Waals surface area (Å²) in [5.41, 5.74) is 0. The average Bonchev–Trinajstić information content (AvgIpc) is 2.43. The van der Waals surface area contributed by atoms with Crippen molar-refractivity contribution in [1.82, 2.24) is 4.90 Å². The summed E-state index contributed by atoms with van der Waals surface area (Å²) in [6.45, 7) is 6.93. The van der Waals surface area contributed by atoms with Crippen molar-refractivity contribution in [1.29, 1.82) is 0 Å². The van der Waals surface area contributed by atoms with E-state index in [9.17, 15) is 0 Å². The number of aliphatic hydroxyl groups is 1. The van der Waals surface area contributed by atoms with Crippen LogP contribution < -0.4 is 0 Å².